The number of benzene rings is 1. The van der Waals surface area contributed by atoms with Crippen LogP contribution in [-0.2, 0) is 9.59 Å². The molecule has 1 aromatic heterocycles. The fourth-order valence-corrected chi connectivity index (χ4v) is 5.19. The van der Waals surface area contributed by atoms with E-state index in [1.54, 1.807) is 24.3 Å². The number of thiophene rings is 1. The van der Waals surface area contributed by atoms with Crippen molar-refractivity contribution >= 4 is 28.8 Å². The van der Waals surface area contributed by atoms with Gasteiger partial charge in [-0.05, 0) is 61.9 Å². The molecule has 180 valence electrons. The summed E-state index contributed by atoms with van der Waals surface area (Å²) in [6, 6.07) is 8.38. The minimum absolute atomic E-state index is 0.0548. The van der Waals surface area contributed by atoms with Gasteiger partial charge in [0.2, 0.25) is 5.91 Å². The topological polar surface area (TPSA) is 49.4 Å². The van der Waals surface area contributed by atoms with Crippen LogP contribution in [0.2, 0.25) is 0 Å². The highest BCUT2D eigenvalue weighted by molar-refractivity contribution is 7.12. The molecule has 0 spiro atoms. The van der Waals surface area contributed by atoms with Crippen LogP contribution in [0.1, 0.15) is 79.6 Å². The number of nitrogens with one attached hydrogen (secondary N) is 1. The van der Waals surface area contributed by atoms with E-state index in [0.29, 0.717) is 9.78 Å². The van der Waals surface area contributed by atoms with E-state index in [4.69, 9.17) is 0 Å². The molecule has 0 radical (unpaired) electrons. The molecule has 1 aliphatic carbocycles. The van der Waals surface area contributed by atoms with E-state index >= 15 is 0 Å². The zero-order valence-electron chi connectivity index (χ0n) is 19.2. The second-order valence-corrected chi connectivity index (χ2v) is 10.1. The van der Waals surface area contributed by atoms with Gasteiger partial charge in [-0.25, -0.2) is 0 Å². The molecule has 0 unspecified atom stereocenters. The van der Waals surface area contributed by atoms with E-state index in [1.807, 2.05) is 20.8 Å². The van der Waals surface area contributed by atoms with Crippen LogP contribution in [0.25, 0.3) is 0 Å². The first kappa shape index (κ1) is 25.3. The predicted molar refractivity (Wildman–Crippen MR) is 126 cm³/mol. The normalized spacial score (nSPS) is 16.8. The molecule has 4 nitrogen and oxygen atoms in total. The van der Waals surface area contributed by atoms with Gasteiger partial charge in [0.1, 0.15) is 0 Å². The number of nitrogens with zero attached hydrogens (tertiary/aromatic N) is 1. The summed E-state index contributed by atoms with van der Waals surface area (Å²) in [5, 5.41) is 2.93. The summed E-state index contributed by atoms with van der Waals surface area (Å²) in [5.74, 6) is -2.39. The lowest BCUT2D eigenvalue weighted by Gasteiger charge is -2.33. The molecular weight excluding hydrogens is 449 g/mol. The molecule has 3 rings (SSSR count). The van der Waals surface area contributed by atoms with Crippen molar-refractivity contribution in [1.82, 2.24) is 5.32 Å². The summed E-state index contributed by atoms with van der Waals surface area (Å²) in [4.78, 5) is 28.0. The molecule has 1 saturated carbocycles. The number of amides is 2. The lowest BCUT2D eigenvalue weighted by molar-refractivity contribution is -0.171. The van der Waals surface area contributed by atoms with E-state index in [2.05, 4.69) is 5.32 Å². The summed E-state index contributed by atoms with van der Waals surface area (Å²) in [7, 11) is 0. The number of halogens is 3. The summed E-state index contributed by atoms with van der Waals surface area (Å²) in [5.41, 5.74) is 1.02. The molecule has 1 heterocycles. The Morgan fingerprint density at radius 3 is 2.24 bits per heavy atom. The first-order valence-corrected chi connectivity index (χ1v) is 12.3. The number of alkyl halides is 3. The van der Waals surface area contributed by atoms with Crippen LogP contribution >= 0.6 is 11.3 Å². The van der Waals surface area contributed by atoms with Crippen molar-refractivity contribution in [3.8, 4) is 0 Å². The van der Waals surface area contributed by atoms with Crippen LogP contribution in [0.4, 0.5) is 18.9 Å². The Morgan fingerprint density at radius 2 is 1.73 bits per heavy atom. The SMILES string of the molecule is CC[C@H](C)c1ccc(N(C(=O)C(F)(F)F)[C@@H](C(=O)NC2CCCCC2)c2ccc(C)s2)cc1. The van der Waals surface area contributed by atoms with Crippen molar-refractivity contribution in [2.24, 2.45) is 0 Å². The quantitative estimate of drug-likeness (QED) is 0.482. The highest BCUT2D eigenvalue weighted by atomic mass is 32.1. The Balaban J connectivity index is 2.04. The van der Waals surface area contributed by atoms with Crippen LogP contribution in [0.5, 0.6) is 0 Å². The minimum atomic E-state index is -5.12. The van der Waals surface area contributed by atoms with Crippen molar-refractivity contribution < 1.29 is 22.8 Å². The molecule has 8 heteroatoms. The molecule has 1 aromatic carbocycles. The van der Waals surface area contributed by atoms with Crippen molar-refractivity contribution in [3.63, 3.8) is 0 Å². The van der Waals surface area contributed by atoms with Gasteiger partial charge >= 0.3 is 12.1 Å². The van der Waals surface area contributed by atoms with Gasteiger partial charge in [0, 0.05) is 21.5 Å². The van der Waals surface area contributed by atoms with E-state index in [1.165, 1.54) is 23.5 Å². The Bertz CT molecular complexity index is 949. The molecule has 0 aliphatic heterocycles. The van der Waals surface area contributed by atoms with E-state index < -0.39 is 24.0 Å². The summed E-state index contributed by atoms with van der Waals surface area (Å²) in [6.45, 7) is 5.88. The highest BCUT2D eigenvalue weighted by Gasteiger charge is 2.48. The lowest BCUT2D eigenvalue weighted by Crippen LogP contribution is -2.50. The van der Waals surface area contributed by atoms with Crippen LogP contribution in [0.15, 0.2) is 36.4 Å². The van der Waals surface area contributed by atoms with Gasteiger partial charge in [-0.3, -0.25) is 14.5 Å². The van der Waals surface area contributed by atoms with Gasteiger partial charge in [-0.2, -0.15) is 13.2 Å². The Morgan fingerprint density at radius 1 is 1.09 bits per heavy atom. The standard InChI is InChI=1S/C25H31F3N2O2S/c1-4-16(2)18-11-13-20(14-12-18)30(24(32)25(26,27)28)22(21-15-10-17(3)33-21)23(31)29-19-8-6-5-7-9-19/h10-16,19,22H,4-9H2,1-3H3,(H,29,31)/t16-,22+/m0/s1. The van der Waals surface area contributed by atoms with E-state index in [9.17, 15) is 22.8 Å². The minimum Gasteiger partial charge on any atom is -0.351 e. The monoisotopic (exact) mass is 480 g/mol. The fourth-order valence-electron chi connectivity index (χ4n) is 4.22. The lowest BCUT2D eigenvalue weighted by atomic mass is 9.95. The van der Waals surface area contributed by atoms with Crippen LogP contribution in [0, 0.1) is 6.92 Å². The second-order valence-electron chi connectivity index (χ2n) is 8.77. The number of carbonyl (C=O) groups excluding carboxylic acids is 2. The molecule has 1 fully saturated rings. The third-order valence-corrected chi connectivity index (χ3v) is 7.36. The molecule has 1 aliphatic rings. The summed E-state index contributed by atoms with van der Waals surface area (Å²) >= 11 is 1.23. The highest BCUT2D eigenvalue weighted by Crippen LogP contribution is 2.36. The van der Waals surface area contributed by atoms with Gasteiger partial charge in [0.25, 0.3) is 0 Å². The molecular formula is C25H31F3N2O2S. The van der Waals surface area contributed by atoms with Gasteiger partial charge in [-0.15, -0.1) is 11.3 Å². The Labute approximate surface area is 197 Å². The van der Waals surface area contributed by atoms with Gasteiger partial charge in [0.05, 0.1) is 0 Å². The van der Waals surface area contributed by atoms with Crippen LogP contribution in [-0.4, -0.2) is 24.0 Å². The molecule has 1 N–H and O–H groups in total. The maximum Gasteiger partial charge on any atom is 0.471 e. The number of rotatable bonds is 7. The Hall–Kier alpha value is -2.35. The predicted octanol–water partition coefficient (Wildman–Crippen LogP) is 6.66. The largest absolute Gasteiger partial charge is 0.471 e. The second kappa shape index (κ2) is 10.7. The first-order chi connectivity index (χ1) is 15.6. The molecule has 2 aromatic rings. The first-order valence-electron chi connectivity index (χ1n) is 11.5. The molecule has 33 heavy (non-hydrogen) atoms. The number of carbonyl (C=O) groups is 2. The maximum absolute atomic E-state index is 13.7. The van der Waals surface area contributed by atoms with Crippen molar-refractivity contribution in [1.29, 1.82) is 0 Å². The van der Waals surface area contributed by atoms with E-state index in [0.717, 1.165) is 49.0 Å². The van der Waals surface area contributed by atoms with Crippen LogP contribution < -0.4 is 10.2 Å². The summed E-state index contributed by atoms with van der Waals surface area (Å²) < 4.78 is 41.2. The smallest absolute Gasteiger partial charge is 0.351 e. The zero-order chi connectivity index (χ0) is 24.2. The number of hydrogen-bond donors (Lipinski definition) is 1. The van der Waals surface area contributed by atoms with Gasteiger partial charge in [0.15, 0.2) is 6.04 Å². The maximum atomic E-state index is 13.7. The van der Waals surface area contributed by atoms with Crippen molar-refractivity contribution in [2.75, 3.05) is 4.90 Å². The molecule has 2 atom stereocenters. The van der Waals surface area contributed by atoms with Gasteiger partial charge in [-0.1, -0.05) is 45.2 Å². The van der Waals surface area contributed by atoms with Crippen molar-refractivity contribution in [2.45, 2.75) is 83.5 Å². The molecule has 0 bridgehead atoms. The molecule has 2 amide bonds. The fraction of sp³-hybridized carbons (Fsp3) is 0.520. The van der Waals surface area contributed by atoms with Crippen LogP contribution in [0.3, 0.4) is 0 Å². The third-order valence-electron chi connectivity index (χ3n) is 6.30. The Kier molecular flexibility index (Phi) is 8.21. The zero-order valence-corrected chi connectivity index (χ0v) is 20.1. The molecule has 0 saturated heterocycles. The van der Waals surface area contributed by atoms with Crippen molar-refractivity contribution in [3.05, 3.63) is 51.7 Å². The third kappa shape index (κ3) is 6.16. The summed E-state index contributed by atoms with van der Waals surface area (Å²) in [6.07, 6.45) is 0.362. The average molecular weight is 481 g/mol. The number of aryl methyl sites for hydroxylation is 1. The van der Waals surface area contributed by atoms with E-state index in [-0.39, 0.29) is 17.6 Å². The number of anilines is 1. The number of hydrogen-bond acceptors (Lipinski definition) is 3. The van der Waals surface area contributed by atoms with Gasteiger partial charge < -0.3 is 5.32 Å². The average Bonchev–Trinajstić information content (AvgIpc) is 3.22.